The van der Waals surface area contributed by atoms with Crippen LogP contribution < -0.4 is 14.8 Å². The van der Waals surface area contributed by atoms with Gasteiger partial charge >= 0.3 is 6.61 Å². The summed E-state index contributed by atoms with van der Waals surface area (Å²) in [5.74, 6) is -0.441. The second-order valence-corrected chi connectivity index (χ2v) is 7.36. The molecule has 1 saturated heterocycles. The molecule has 0 saturated carbocycles. The Bertz CT molecular complexity index is 862. The van der Waals surface area contributed by atoms with E-state index in [1.807, 2.05) is 4.90 Å². The van der Waals surface area contributed by atoms with Crippen molar-refractivity contribution in [1.82, 2.24) is 4.90 Å². The average molecular weight is 424 g/mol. The van der Waals surface area contributed by atoms with Gasteiger partial charge < -0.3 is 19.9 Å². The fourth-order valence-corrected chi connectivity index (χ4v) is 3.20. The van der Waals surface area contributed by atoms with Crippen molar-refractivity contribution >= 4 is 11.6 Å². The van der Waals surface area contributed by atoms with Gasteiger partial charge in [0.05, 0.1) is 6.54 Å². The molecule has 0 radical (unpaired) electrons. The third kappa shape index (κ3) is 6.11. The van der Waals surface area contributed by atoms with Gasteiger partial charge in [0.1, 0.15) is 29.0 Å². The molecular weight excluding hydrogens is 401 g/mol. The number of piperidine rings is 1. The lowest BCUT2D eigenvalue weighted by Crippen LogP contribution is -2.57. The molecule has 2 aromatic rings. The molecule has 0 aromatic heterocycles. The predicted molar refractivity (Wildman–Crippen MR) is 104 cm³/mol. The Labute approximate surface area is 172 Å². The number of nitrogens with zero attached hydrogens (tertiary/aromatic N) is 1. The Hall–Kier alpha value is -2.78. The number of halogens is 3. The zero-order valence-corrected chi connectivity index (χ0v) is 16.4. The van der Waals surface area contributed by atoms with Crippen LogP contribution in [0.4, 0.5) is 18.9 Å². The standard InChI is InChI=1S/C21H23F3N2O4/c1-21(28)9-10-26(12-18(21)29-17-4-2-3-14(22)11-17)13-19(27)25-15-5-7-16(8-6-15)30-20(23)24/h2-8,11,18,20,28H,9-10,12-13H2,1H3,(H,25,27)/t18-,21-/m0/s1. The Morgan fingerprint density at radius 3 is 2.67 bits per heavy atom. The van der Waals surface area contributed by atoms with Crippen LogP contribution in [0.5, 0.6) is 11.5 Å². The van der Waals surface area contributed by atoms with Gasteiger partial charge in [-0.2, -0.15) is 8.78 Å². The SMILES string of the molecule is C[C@]1(O)CCN(CC(=O)Nc2ccc(OC(F)F)cc2)C[C@@H]1Oc1cccc(F)c1. The summed E-state index contributed by atoms with van der Waals surface area (Å²) in [4.78, 5) is 14.2. The number of rotatable bonds is 7. The maximum atomic E-state index is 13.4. The van der Waals surface area contributed by atoms with Gasteiger partial charge in [0, 0.05) is 24.8 Å². The normalized spacial score (nSPS) is 22.0. The van der Waals surface area contributed by atoms with Crippen molar-refractivity contribution in [1.29, 1.82) is 0 Å². The number of likely N-dealkylation sites (tertiary alicyclic amines) is 1. The molecule has 1 fully saturated rings. The summed E-state index contributed by atoms with van der Waals surface area (Å²) in [5.41, 5.74) is -0.682. The Balaban J connectivity index is 1.56. The fourth-order valence-electron chi connectivity index (χ4n) is 3.20. The number of ether oxygens (including phenoxy) is 2. The zero-order chi connectivity index (χ0) is 21.7. The number of nitrogens with one attached hydrogen (secondary N) is 1. The van der Waals surface area contributed by atoms with Gasteiger partial charge in [-0.05, 0) is 49.7 Å². The topological polar surface area (TPSA) is 71.0 Å². The highest BCUT2D eigenvalue weighted by Crippen LogP contribution is 2.27. The fraction of sp³-hybridized carbons (Fsp3) is 0.381. The van der Waals surface area contributed by atoms with Gasteiger partial charge in [-0.1, -0.05) is 6.07 Å². The van der Waals surface area contributed by atoms with Gasteiger partial charge in [0.25, 0.3) is 0 Å². The number of benzene rings is 2. The van der Waals surface area contributed by atoms with Crippen molar-refractivity contribution in [2.24, 2.45) is 0 Å². The molecule has 1 aliphatic heterocycles. The third-order valence-corrected chi connectivity index (χ3v) is 4.86. The lowest BCUT2D eigenvalue weighted by Gasteiger charge is -2.42. The molecule has 30 heavy (non-hydrogen) atoms. The van der Waals surface area contributed by atoms with Gasteiger partial charge in [-0.25, -0.2) is 4.39 Å². The molecule has 0 spiro atoms. The second-order valence-electron chi connectivity index (χ2n) is 7.36. The first-order chi connectivity index (χ1) is 14.2. The van der Waals surface area contributed by atoms with Gasteiger partial charge in [0.2, 0.25) is 5.91 Å². The van der Waals surface area contributed by atoms with Gasteiger partial charge in [0.15, 0.2) is 0 Å². The van der Waals surface area contributed by atoms with Gasteiger partial charge in [-0.3, -0.25) is 9.69 Å². The predicted octanol–water partition coefficient (Wildman–Crippen LogP) is 3.27. The van der Waals surface area contributed by atoms with Crippen molar-refractivity contribution in [3.05, 3.63) is 54.3 Å². The van der Waals surface area contributed by atoms with E-state index in [0.29, 0.717) is 24.4 Å². The summed E-state index contributed by atoms with van der Waals surface area (Å²) in [5, 5.41) is 13.3. The Morgan fingerprint density at radius 2 is 2.00 bits per heavy atom. The van der Waals surface area contributed by atoms with Crippen LogP contribution in [0.1, 0.15) is 13.3 Å². The van der Waals surface area contributed by atoms with Crippen LogP contribution in [0.25, 0.3) is 0 Å². The van der Waals surface area contributed by atoms with Crippen molar-refractivity contribution in [2.45, 2.75) is 31.7 Å². The van der Waals surface area contributed by atoms with E-state index < -0.39 is 24.1 Å². The third-order valence-electron chi connectivity index (χ3n) is 4.86. The van der Waals surface area contributed by atoms with E-state index in [0.717, 1.165) is 0 Å². The zero-order valence-electron chi connectivity index (χ0n) is 16.4. The number of alkyl halides is 2. The van der Waals surface area contributed by atoms with E-state index in [9.17, 15) is 23.1 Å². The highest BCUT2D eigenvalue weighted by molar-refractivity contribution is 5.92. The summed E-state index contributed by atoms with van der Waals surface area (Å²) in [6.45, 7) is -0.460. The number of carbonyl (C=O) groups excluding carboxylic acids is 1. The number of anilines is 1. The van der Waals surface area contributed by atoms with Crippen LogP contribution in [-0.4, -0.2) is 53.9 Å². The maximum absolute atomic E-state index is 13.4. The number of amides is 1. The van der Waals surface area contributed by atoms with E-state index in [4.69, 9.17) is 4.74 Å². The number of hydrogen-bond acceptors (Lipinski definition) is 5. The van der Waals surface area contributed by atoms with Gasteiger partial charge in [-0.15, -0.1) is 0 Å². The molecule has 3 rings (SSSR count). The van der Waals surface area contributed by atoms with Crippen LogP contribution in [-0.2, 0) is 4.79 Å². The molecule has 0 aliphatic carbocycles. The average Bonchev–Trinajstić information content (AvgIpc) is 2.66. The summed E-state index contributed by atoms with van der Waals surface area (Å²) in [6, 6.07) is 11.3. The molecule has 1 aliphatic rings. The quantitative estimate of drug-likeness (QED) is 0.714. The second kappa shape index (κ2) is 9.36. The molecule has 9 heteroatoms. The molecule has 0 bridgehead atoms. The van der Waals surface area contributed by atoms with Crippen molar-refractivity contribution in [2.75, 3.05) is 25.0 Å². The first-order valence-corrected chi connectivity index (χ1v) is 9.43. The molecule has 2 N–H and O–H groups in total. The monoisotopic (exact) mass is 424 g/mol. The van der Waals surface area contributed by atoms with Crippen molar-refractivity contribution in [3.8, 4) is 11.5 Å². The minimum atomic E-state index is -2.91. The Morgan fingerprint density at radius 1 is 1.27 bits per heavy atom. The van der Waals surface area contributed by atoms with Crippen LogP contribution in [0.2, 0.25) is 0 Å². The van der Waals surface area contributed by atoms with E-state index in [2.05, 4.69) is 10.1 Å². The van der Waals surface area contributed by atoms with E-state index in [1.54, 1.807) is 13.0 Å². The number of aliphatic hydroxyl groups is 1. The van der Waals surface area contributed by atoms with Crippen molar-refractivity contribution < 1.29 is 32.5 Å². The van der Waals surface area contributed by atoms with Crippen LogP contribution in [0, 0.1) is 5.82 Å². The van der Waals surface area contributed by atoms with E-state index >= 15 is 0 Å². The highest BCUT2D eigenvalue weighted by Gasteiger charge is 2.39. The number of hydrogen-bond donors (Lipinski definition) is 2. The maximum Gasteiger partial charge on any atom is 0.387 e. The summed E-state index contributed by atoms with van der Waals surface area (Å²) in [6.07, 6.45) is -0.272. The smallest absolute Gasteiger partial charge is 0.387 e. The molecule has 0 unspecified atom stereocenters. The lowest BCUT2D eigenvalue weighted by atomic mass is 9.90. The van der Waals surface area contributed by atoms with E-state index in [-0.39, 0.29) is 24.7 Å². The van der Waals surface area contributed by atoms with Crippen LogP contribution in [0.3, 0.4) is 0 Å². The molecule has 162 valence electrons. The minimum absolute atomic E-state index is 0.00130. The highest BCUT2D eigenvalue weighted by atomic mass is 19.3. The first-order valence-electron chi connectivity index (χ1n) is 9.43. The first kappa shape index (κ1) is 21.9. The lowest BCUT2D eigenvalue weighted by molar-refractivity contribution is -0.122. The summed E-state index contributed by atoms with van der Waals surface area (Å²) < 4.78 is 47.8. The molecular formula is C21H23F3N2O4. The van der Waals surface area contributed by atoms with Crippen LogP contribution >= 0.6 is 0 Å². The molecule has 1 heterocycles. The van der Waals surface area contributed by atoms with E-state index in [1.165, 1.54) is 42.5 Å². The summed E-state index contributed by atoms with van der Waals surface area (Å²) >= 11 is 0. The van der Waals surface area contributed by atoms with Crippen molar-refractivity contribution in [3.63, 3.8) is 0 Å². The summed E-state index contributed by atoms with van der Waals surface area (Å²) in [7, 11) is 0. The largest absolute Gasteiger partial charge is 0.486 e. The molecule has 1 amide bonds. The van der Waals surface area contributed by atoms with Crippen LogP contribution in [0.15, 0.2) is 48.5 Å². The molecule has 2 aromatic carbocycles. The molecule has 2 atom stereocenters. The Kier molecular flexibility index (Phi) is 6.84. The molecule has 6 nitrogen and oxygen atoms in total. The number of carbonyl (C=O) groups is 1. The minimum Gasteiger partial charge on any atom is -0.486 e.